The molecule has 3 rings (SSSR count). The standard InChI is InChI=1S/C22H21N3O4S/c1-3-29-22(28)25(2)18-12-10-17(11-13-18)23-20(26)15-6-8-16(9-7-15)24-21(27)19-5-4-14-30-19/h4-14H,3H2,1-2H3,(H,23,26)(H,24,27). The first-order valence-electron chi connectivity index (χ1n) is 9.24. The summed E-state index contributed by atoms with van der Waals surface area (Å²) in [5.74, 6) is -0.465. The first kappa shape index (κ1) is 21.1. The maximum Gasteiger partial charge on any atom is 0.413 e. The maximum absolute atomic E-state index is 12.5. The van der Waals surface area contributed by atoms with Crippen molar-refractivity contribution in [3.63, 3.8) is 0 Å². The van der Waals surface area contributed by atoms with Crippen molar-refractivity contribution in [1.29, 1.82) is 0 Å². The van der Waals surface area contributed by atoms with Crippen molar-refractivity contribution in [3.8, 4) is 0 Å². The Balaban J connectivity index is 1.59. The summed E-state index contributed by atoms with van der Waals surface area (Å²) in [6, 6.07) is 17.1. The summed E-state index contributed by atoms with van der Waals surface area (Å²) in [5.41, 5.74) is 2.31. The monoisotopic (exact) mass is 423 g/mol. The lowest BCUT2D eigenvalue weighted by atomic mass is 10.2. The molecule has 3 aromatic rings. The summed E-state index contributed by atoms with van der Waals surface area (Å²) < 4.78 is 4.96. The van der Waals surface area contributed by atoms with Gasteiger partial charge in [-0.1, -0.05) is 6.07 Å². The van der Waals surface area contributed by atoms with Crippen molar-refractivity contribution in [1.82, 2.24) is 0 Å². The van der Waals surface area contributed by atoms with Gasteiger partial charge >= 0.3 is 6.09 Å². The average Bonchev–Trinajstić information content (AvgIpc) is 3.29. The highest BCUT2D eigenvalue weighted by Crippen LogP contribution is 2.19. The Morgan fingerprint density at radius 2 is 1.50 bits per heavy atom. The number of amides is 3. The highest BCUT2D eigenvalue weighted by Gasteiger charge is 2.12. The Kier molecular flexibility index (Phi) is 6.82. The molecule has 2 aromatic carbocycles. The number of hydrogen-bond acceptors (Lipinski definition) is 5. The molecular formula is C22H21N3O4S. The van der Waals surface area contributed by atoms with Crippen molar-refractivity contribution in [2.45, 2.75) is 6.92 Å². The van der Waals surface area contributed by atoms with E-state index in [9.17, 15) is 14.4 Å². The van der Waals surface area contributed by atoms with Crippen molar-refractivity contribution in [2.75, 3.05) is 29.2 Å². The topological polar surface area (TPSA) is 87.7 Å². The van der Waals surface area contributed by atoms with E-state index in [1.807, 2.05) is 11.4 Å². The minimum atomic E-state index is -0.444. The van der Waals surface area contributed by atoms with Crippen LogP contribution in [0.2, 0.25) is 0 Å². The minimum Gasteiger partial charge on any atom is -0.449 e. The molecule has 2 N–H and O–H groups in total. The number of thiophene rings is 1. The van der Waals surface area contributed by atoms with Gasteiger partial charge in [-0.05, 0) is 66.9 Å². The second-order valence-corrected chi connectivity index (χ2v) is 7.22. The van der Waals surface area contributed by atoms with Gasteiger partial charge in [-0.3, -0.25) is 14.5 Å². The number of carbonyl (C=O) groups is 3. The van der Waals surface area contributed by atoms with Crippen molar-refractivity contribution in [2.24, 2.45) is 0 Å². The van der Waals surface area contributed by atoms with E-state index in [1.165, 1.54) is 16.2 Å². The van der Waals surface area contributed by atoms with Crippen molar-refractivity contribution in [3.05, 3.63) is 76.5 Å². The van der Waals surface area contributed by atoms with Crippen molar-refractivity contribution >= 4 is 46.3 Å². The molecule has 1 heterocycles. The summed E-state index contributed by atoms with van der Waals surface area (Å²) in [4.78, 5) is 38.3. The highest BCUT2D eigenvalue weighted by atomic mass is 32.1. The van der Waals surface area contributed by atoms with Crippen LogP contribution in [0.5, 0.6) is 0 Å². The zero-order valence-electron chi connectivity index (χ0n) is 16.5. The van der Waals surface area contributed by atoms with E-state index in [-0.39, 0.29) is 11.8 Å². The van der Waals surface area contributed by atoms with E-state index in [2.05, 4.69) is 10.6 Å². The predicted molar refractivity (Wildman–Crippen MR) is 119 cm³/mol. The second-order valence-electron chi connectivity index (χ2n) is 6.27. The maximum atomic E-state index is 12.5. The molecule has 0 saturated heterocycles. The van der Waals surface area contributed by atoms with Crippen LogP contribution < -0.4 is 15.5 Å². The average molecular weight is 423 g/mol. The van der Waals surface area contributed by atoms with Crippen LogP contribution in [-0.2, 0) is 4.74 Å². The van der Waals surface area contributed by atoms with Gasteiger partial charge < -0.3 is 15.4 Å². The quantitative estimate of drug-likeness (QED) is 0.594. The molecule has 7 nitrogen and oxygen atoms in total. The fourth-order valence-corrected chi connectivity index (χ4v) is 3.22. The Bertz CT molecular complexity index is 1020. The molecule has 0 saturated carbocycles. The normalized spacial score (nSPS) is 10.2. The molecule has 0 aliphatic heterocycles. The number of hydrogen-bond donors (Lipinski definition) is 2. The van der Waals surface area contributed by atoms with Gasteiger partial charge in [0.1, 0.15) is 0 Å². The smallest absolute Gasteiger partial charge is 0.413 e. The molecule has 0 fully saturated rings. The van der Waals surface area contributed by atoms with Gasteiger partial charge in [0.05, 0.1) is 11.5 Å². The van der Waals surface area contributed by atoms with Crippen LogP contribution in [0, 0.1) is 0 Å². The Morgan fingerprint density at radius 1 is 0.900 bits per heavy atom. The molecule has 0 radical (unpaired) electrons. The zero-order valence-corrected chi connectivity index (χ0v) is 17.4. The lowest BCUT2D eigenvalue weighted by molar-refractivity contribution is 0.102. The van der Waals surface area contributed by atoms with Gasteiger partial charge in [-0.15, -0.1) is 11.3 Å². The number of rotatable bonds is 6. The molecule has 154 valence electrons. The summed E-state index contributed by atoms with van der Waals surface area (Å²) in [6.07, 6.45) is -0.444. The molecular weight excluding hydrogens is 402 g/mol. The number of carbonyl (C=O) groups excluding carboxylic acids is 3. The van der Waals surface area contributed by atoms with Gasteiger partial charge in [0.25, 0.3) is 11.8 Å². The number of nitrogens with zero attached hydrogens (tertiary/aromatic N) is 1. The zero-order chi connectivity index (χ0) is 21.5. The van der Waals surface area contributed by atoms with Crippen LogP contribution in [0.25, 0.3) is 0 Å². The third kappa shape index (κ3) is 5.24. The Labute approximate surface area is 178 Å². The van der Waals surface area contributed by atoms with Crippen LogP contribution in [0.15, 0.2) is 66.0 Å². The molecule has 8 heteroatoms. The number of anilines is 3. The first-order valence-corrected chi connectivity index (χ1v) is 10.1. The molecule has 30 heavy (non-hydrogen) atoms. The van der Waals surface area contributed by atoms with Crippen LogP contribution in [0.1, 0.15) is 27.0 Å². The lowest BCUT2D eigenvalue weighted by Gasteiger charge is -2.17. The predicted octanol–water partition coefficient (Wildman–Crippen LogP) is 4.85. The summed E-state index contributed by atoms with van der Waals surface area (Å²) >= 11 is 1.36. The molecule has 3 amide bonds. The largest absolute Gasteiger partial charge is 0.449 e. The van der Waals surface area contributed by atoms with Crippen LogP contribution in [0.3, 0.4) is 0 Å². The van der Waals surface area contributed by atoms with E-state index >= 15 is 0 Å². The summed E-state index contributed by atoms with van der Waals surface area (Å²) in [5, 5.41) is 7.43. The van der Waals surface area contributed by atoms with Crippen LogP contribution >= 0.6 is 11.3 Å². The molecule has 0 unspecified atom stereocenters. The van der Waals surface area contributed by atoms with Crippen molar-refractivity contribution < 1.29 is 19.1 Å². The molecule has 0 spiro atoms. The molecule has 1 aromatic heterocycles. The minimum absolute atomic E-state index is 0.185. The van der Waals surface area contributed by atoms with E-state index in [0.29, 0.717) is 34.1 Å². The molecule has 0 bridgehead atoms. The van der Waals surface area contributed by atoms with E-state index in [4.69, 9.17) is 4.74 Å². The van der Waals surface area contributed by atoms with Gasteiger partial charge in [0.15, 0.2) is 0 Å². The number of benzene rings is 2. The SMILES string of the molecule is CCOC(=O)N(C)c1ccc(NC(=O)c2ccc(NC(=O)c3cccs3)cc2)cc1. The lowest BCUT2D eigenvalue weighted by Crippen LogP contribution is -2.26. The Morgan fingerprint density at radius 3 is 2.07 bits per heavy atom. The fraction of sp³-hybridized carbons (Fsp3) is 0.136. The summed E-state index contributed by atoms with van der Waals surface area (Å²) in [6.45, 7) is 2.04. The fourth-order valence-electron chi connectivity index (χ4n) is 2.60. The van der Waals surface area contributed by atoms with Gasteiger partial charge in [-0.2, -0.15) is 0 Å². The molecule has 0 aliphatic rings. The molecule has 0 atom stereocenters. The number of ether oxygens (including phenoxy) is 1. The summed E-state index contributed by atoms with van der Waals surface area (Å²) in [7, 11) is 1.62. The number of nitrogens with one attached hydrogen (secondary N) is 2. The van der Waals surface area contributed by atoms with E-state index in [0.717, 1.165) is 0 Å². The van der Waals surface area contributed by atoms with Gasteiger partial charge in [-0.25, -0.2) is 4.79 Å². The van der Waals surface area contributed by atoms with Crippen LogP contribution in [-0.4, -0.2) is 31.6 Å². The third-order valence-corrected chi connectivity index (χ3v) is 5.07. The van der Waals surface area contributed by atoms with E-state index < -0.39 is 6.09 Å². The second kappa shape index (κ2) is 9.71. The third-order valence-electron chi connectivity index (χ3n) is 4.20. The van der Waals surface area contributed by atoms with E-state index in [1.54, 1.807) is 68.6 Å². The first-order chi connectivity index (χ1) is 14.5. The van der Waals surface area contributed by atoms with Gasteiger partial charge in [0, 0.05) is 29.7 Å². The Hall–Kier alpha value is -3.65. The van der Waals surface area contributed by atoms with Crippen LogP contribution in [0.4, 0.5) is 21.9 Å². The molecule has 0 aliphatic carbocycles. The highest BCUT2D eigenvalue weighted by molar-refractivity contribution is 7.12. The van der Waals surface area contributed by atoms with Gasteiger partial charge in [0.2, 0.25) is 0 Å².